The second-order valence-corrected chi connectivity index (χ2v) is 1.62. The molecule has 1 heterocycles. The monoisotopic (exact) mass is 131 g/mol. The number of carbonyl (C=O) groups is 2. The van der Waals surface area contributed by atoms with E-state index in [1.807, 2.05) is 0 Å². The normalized spacial score (nSPS) is 14.1. The summed E-state index contributed by atoms with van der Waals surface area (Å²) >= 11 is 0. The molecule has 52 valence electrons. The number of aliphatic carboxylic acids is 1. The van der Waals surface area contributed by atoms with Gasteiger partial charge in [-0.2, -0.15) is 0 Å². The first kappa shape index (κ1) is 7.94. The minimum absolute atomic E-state index is 0.185. The topological polar surface area (TPSA) is 66.4 Å². The van der Waals surface area contributed by atoms with Gasteiger partial charge in [-0.1, -0.05) is 0 Å². The minimum Gasteiger partial charge on any atom is -0.481 e. The van der Waals surface area contributed by atoms with E-state index >= 15 is 0 Å². The predicted octanol–water partition coefficient (Wildman–Crippen LogP) is -0.403. The molecule has 0 saturated carbocycles. The smallest absolute Gasteiger partial charge is 0.300 e. The van der Waals surface area contributed by atoms with E-state index in [0.717, 1.165) is 19.9 Å². The van der Waals surface area contributed by atoms with Gasteiger partial charge in [0.15, 0.2) is 0 Å². The van der Waals surface area contributed by atoms with Crippen LogP contribution in [0.2, 0.25) is 0 Å². The molecule has 2 N–H and O–H groups in total. The Morgan fingerprint density at radius 2 is 2.00 bits per heavy atom. The molecule has 0 bridgehead atoms. The van der Waals surface area contributed by atoms with Crippen molar-refractivity contribution in [2.45, 2.75) is 13.3 Å². The third-order valence-electron chi connectivity index (χ3n) is 0.674. The Hall–Kier alpha value is -1.06. The summed E-state index contributed by atoms with van der Waals surface area (Å²) in [5, 5.41) is 9.99. The van der Waals surface area contributed by atoms with Gasteiger partial charge in [0.1, 0.15) is 0 Å². The van der Waals surface area contributed by atoms with E-state index in [4.69, 9.17) is 9.90 Å². The summed E-state index contributed by atoms with van der Waals surface area (Å²) in [6.45, 7) is 1.97. The van der Waals surface area contributed by atoms with E-state index in [-0.39, 0.29) is 5.91 Å². The Kier molecular flexibility index (Phi) is 3.43. The molecule has 0 spiro atoms. The number of carboxylic acids is 1. The molecule has 1 amide bonds. The molecule has 9 heavy (non-hydrogen) atoms. The molecule has 0 aliphatic carbocycles. The van der Waals surface area contributed by atoms with Crippen LogP contribution in [-0.2, 0) is 9.59 Å². The number of carboxylic acid groups (broad SMARTS) is 1. The van der Waals surface area contributed by atoms with Crippen LogP contribution in [0.3, 0.4) is 0 Å². The summed E-state index contributed by atoms with van der Waals surface area (Å²) in [6, 6.07) is 0. The van der Waals surface area contributed by atoms with Crippen molar-refractivity contribution in [1.29, 1.82) is 0 Å². The van der Waals surface area contributed by atoms with Gasteiger partial charge in [-0.05, 0) is 0 Å². The number of carbonyl (C=O) groups excluding carboxylic acids is 1. The van der Waals surface area contributed by atoms with Crippen molar-refractivity contribution < 1.29 is 14.7 Å². The highest BCUT2D eigenvalue weighted by atomic mass is 16.4. The first-order valence-electron chi connectivity index (χ1n) is 2.59. The molecule has 4 heteroatoms. The quantitative estimate of drug-likeness (QED) is 0.439. The molecule has 0 aromatic rings. The first-order chi connectivity index (χ1) is 4.13. The predicted molar refractivity (Wildman–Crippen MR) is 30.9 cm³/mol. The number of nitrogens with one attached hydrogen (secondary N) is 1. The zero-order chi connectivity index (χ0) is 7.28. The maximum atomic E-state index is 9.79. The summed E-state index contributed by atoms with van der Waals surface area (Å²) < 4.78 is 0. The average Bonchev–Trinajstić information content (AvgIpc) is 1.59. The van der Waals surface area contributed by atoms with Crippen molar-refractivity contribution in [3.05, 3.63) is 0 Å². The van der Waals surface area contributed by atoms with E-state index in [2.05, 4.69) is 5.32 Å². The van der Waals surface area contributed by atoms with Gasteiger partial charge in [0.05, 0.1) is 0 Å². The summed E-state index contributed by atoms with van der Waals surface area (Å²) in [7, 11) is 0. The Bertz CT molecular complexity index is 111. The van der Waals surface area contributed by atoms with Gasteiger partial charge in [-0.15, -0.1) is 0 Å². The van der Waals surface area contributed by atoms with Crippen molar-refractivity contribution in [2.75, 3.05) is 6.54 Å². The molecule has 0 atom stereocenters. The number of hydrogen-bond donors (Lipinski definition) is 2. The number of amides is 1. The lowest BCUT2D eigenvalue weighted by atomic mass is 10.3. The standard InChI is InChI=1S/C3H5NO.C2H4O2/c5-3-1-2-4-3;1-2(3)4/h1-2H2,(H,4,5);1H3,(H,3,4). The largest absolute Gasteiger partial charge is 0.481 e. The van der Waals surface area contributed by atoms with Gasteiger partial charge in [0, 0.05) is 19.9 Å². The van der Waals surface area contributed by atoms with E-state index < -0.39 is 5.97 Å². The lowest BCUT2D eigenvalue weighted by Crippen LogP contribution is -2.37. The Balaban J connectivity index is 0.000000148. The second kappa shape index (κ2) is 3.88. The molecule has 0 unspecified atom stereocenters. The molecular formula is C5H9NO3. The van der Waals surface area contributed by atoms with Crippen LogP contribution < -0.4 is 5.32 Å². The lowest BCUT2D eigenvalue weighted by Gasteiger charge is -2.10. The zero-order valence-corrected chi connectivity index (χ0v) is 5.18. The van der Waals surface area contributed by atoms with Crippen molar-refractivity contribution in [1.82, 2.24) is 5.32 Å². The van der Waals surface area contributed by atoms with E-state index in [0.29, 0.717) is 0 Å². The Morgan fingerprint density at radius 1 is 1.78 bits per heavy atom. The van der Waals surface area contributed by atoms with Gasteiger partial charge < -0.3 is 10.4 Å². The summed E-state index contributed by atoms with van der Waals surface area (Å²) in [6.07, 6.45) is 0.736. The molecule has 0 aromatic carbocycles. The number of β-lactam (4-membered cyclic amide) rings is 1. The fourth-order valence-electron chi connectivity index (χ4n) is 0.227. The van der Waals surface area contributed by atoms with Crippen LogP contribution in [0.4, 0.5) is 0 Å². The fraction of sp³-hybridized carbons (Fsp3) is 0.600. The zero-order valence-electron chi connectivity index (χ0n) is 5.18. The van der Waals surface area contributed by atoms with Crippen LogP contribution in [0.25, 0.3) is 0 Å². The van der Waals surface area contributed by atoms with E-state index in [1.54, 1.807) is 0 Å². The molecule has 1 saturated heterocycles. The van der Waals surface area contributed by atoms with Gasteiger partial charge in [-0.25, -0.2) is 0 Å². The van der Waals surface area contributed by atoms with Crippen LogP contribution in [0, 0.1) is 0 Å². The molecule has 0 aromatic heterocycles. The van der Waals surface area contributed by atoms with E-state index in [1.165, 1.54) is 0 Å². The third-order valence-corrected chi connectivity index (χ3v) is 0.674. The van der Waals surface area contributed by atoms with Crippen LogP contribution in [0.15, 0.2) is 0 Å². The maximum absolute atomic E-state index is 9.79. The molecular weight excluding hydrogens is 122 g/mol. The minimum atomic E-state index is -0.833. The lowest BCUT2D eigenvalue weighted by molar-refractivity contribution is -0.134. The first-order valence-corrected chi connectivity index (χ1v) is 2.59. The Morgan fingerprint density at radius 3 is 2.00 bits per heavy atom. The highest BCUT2D eigenvalue weighted by Crippen LogP contribution is 1.85. The summed E-state index contributed by atoms with van der Waals surface area (Å²) in [4.78, 5) is 18.8. The summed E-state index contributed by atoms with van der Waals surface area (Å²) in [5.41, 5.74) is 0. The molecule has 4 nitrogen and oxygen atoms in total. The number of hydrogen-bond acceptors (Lipinski definition) is 2. The molecule has 1 aliphatic heterocycles. The van der Waals surface area contributed by atoms with Crippen LogP contribution in [0.1, 0.15) is 13.3 Å². The van der Waals surface area contributed by atoms with Crippen LogP contribution in [-0.4, -0.2) is 23.5 Å². The molecule has 1 rings (SSSR count). The van der Waals surface area contributed by atoms with Crippen LogP contribution in [0.5, 0.6) is 0 Å². The SMILES string of the molecule is CC(=O)O.O=C1CCN1. The highest BCUT2D eigenvalue weighted by molar-refractivity contribution is 5.81. The average molecular weight is 131 g/mol. The van der Waals surface area contributed by atoms with Crippen molar-refractivity contribution in [2.24, 2.45) is 0 Å². The van der Waals surface area contributed by atoms with Gasteiger partial charge in [0.2, 0.25) is 5.91 Å². The second-order valence-electron chi connectivity index (χ2n) is 1.62. The third kappa shape index (κ3) is 6.94. The molecule has 0 radical (unpaired) electrons. The van der Waals surface area contributed by atoms with Gasteiger partial charge in [-0.3, -0.25) is 9.59 Å². The van der Waals surface area contributed by atoms with Gasteiger partial charge >= 0.3 is 0 Å². The fourth-order valence-corrected chi connectivity index (χ4v) is 0.227. The van der Waals surface area contributed by atoms with Crippen molar-refractivity contribution in [3.8, 4) is 0 Å². The highest BCUT2D eigenvalue weighted by Gasteiger charge is 2.07. The van der Waals surface area contributed by atoms with E-state index in [9.17, 15) is 4.79 Å². The maximum Gasteiger partial charge on any atom is 0.300 e. The number of rotatable bonds is 0. The molecule has 1 fully saturated rings. The molecule has 1 aliphatic rings. The summed E-state index contributed by atoms with van der Waals surface area (Å²) in [5.74, 6) is -0.648. The van der Waals surface area contributed by atoms with Crippen molar-refractivity contribution in [3.63, 3.8) is 0 Å². The Labute approximate surface area is 52.9 Å². The van der Waals surface area contributed by atoms with Crippen molar-refractivity contribution >= 4 is 11.9 Å². The van der Waals surface area contributed by atoms with Gasteiger partial charge in [0.25, 0.3) is 5.97 Å². The van der Waals surface area contributed by atoms with Crippen LogP contribution >= 0.6 is 0 Å².